The van der Waals surface area contributed by atoms with Gasteiger partial charge in [0.15, 0.2) is 0 Å². The Morgan fingerprint density at radius 3 is 2.48 bits per heavy atom. The molecule has 27 heavy (non-hydrogen) atoms. The number of hydrogen-bond acceptors (Lipinski definition) is 6. The van der Waals surface area contributed by atoms with Crippen LogP contribution in [-0.2, 0) is 10.0 Å². The van der Waals surface area contributed by atoms with Crippen LogP contribution in [0.5, 0.6) is 17.2 Å². The van der Waals surface area contributed by atoms with Gasteiger partial charge in [0.25, 0.3) is 10.0 Å². The Hall–Kier alpha value is -2.45. The second-order valence-electron chi connectivity index (χ2n) is 5.41. The van der Waals surface area contributed by atoms with Gasteiger partial charge in [-0.05, 0) is 42.3 Å². The number of methoxy groups -OCH3 is 2. The molecule has 0 unspecified atom stereocenters. The van der Waals surface area contributed by atoms with Crippen LogP contribution in [0.4, 0.5) is 0 Å². The standard InChI is InChI=1S/C18H21ClN2O5S/c1-4-9-26-16-7-5-13(10-15(16)19)12-20-21-27(22,23)18-11-14(24-2)6-8-17(18)25-3/h5-8,10-12,21H,4,9H2,1-3H3/b20-12+. The highest BCUT2D eigenvalue weighted by atomic mass is 35.5. The highest BCUT2D eigenvalue weighted by Crippen LogP contribution is 2.28. The zero-order valence-corrected chi connectivity index (χ0v) is 16.8. The smallest absolute Gasteiger partial charge is 0.280 e. The summed E-state index contributed by atoms with van der Waals surface area (Å²) in [5.41, 5.74) is 0.615. The lowest BCUT2D eigenvalue weighted by Gasteiger charge is -2.10. The van der Waals surface area contributed by atoms with Gasteiger partial charge in [-0.3, -0.25) is 0 Å². The predicted octanol–water partition coefficient (Wildman–Crippen LogP) is 3.46. The molecule has 0 amide bonds. The molecule has 9 heteroatoms. The van der Waals surface area contributed by atoms with Crippen LogP contribution in [0.25, 0.3) is 0 Å². The second kappa shape index (κ2) is 9.48. The molecule has 0 aliphatic carbocycles. The maximum Gasteiger partial charge on any atom is 0.280 e. The third kappa shape index (κ3) is 5.51. The van der Waals surface area contributed by atoms with Gasteiger partial charge in [-0.15, -0.1) is 0 Å². The molecule has 0 aliphatic rings. The molecule has 0 radical (unpaired) electrons. The molecule has 0 aromatic heterocycles. The number of nitrogens with zero attached hydrogens (tertiary/aromatic N) is 1. The Morgan fingerprint density at radius 2 is 1.85 bits per heavy atom. The molecule has 2 aromatic rings. The minimum atomic E-state index is -3.95. The van der Waals surface area contributed by atoms with E-state index in [1.165, 1.54) is 32.6 Å². The summed E-state index contributed by atoms with van der Waals surface area (Å²) in [6.45, 7) is 2.56. The first-order valence-electron chi connectivity index (χ1n) is 8.10. The van der Waals surface area contributed by atoms with E-state index >= 15 is 0 Å². The lowest BCUT2D eigenvalue weighted by molar-refractivity contribution is 0.317. The normalized spacial score (nSPS) is 11.4. The number of benzene rings is 2. The zero-order chi connectivity index (χ0) is 19.9. The lowest BCUT2D eigenvalue weighted by Crippen LogP contribution is -2.19. The van der Waals surface area contributed by atoms with E-state index < -0.39 is 10.0 Å². The van der Waals surface area contributed by atoms with E-state index in [-0.39, 0.29) is 10.6 Å². The summed E-state index contributed by atoms with van der Waals surface area (Å²) < 4.78 is 40.7. The predicted molar refractivity (Wildman–Crippen MR) is 105 cm³/mol. The Bertz CT molecular complexity index is 916. The van der Waals surface area contributed by atoms with Crippen LogP contribution in [0.2, 0.25) is 5.02 Å². The van der Waals surface area contributed by atoms with Crippen molar-refractivity contribution in [1.29, 1.82) is 0 Å². The first-order valence-corrected chi connectivity index (χ1v) is 9.96. The molecule has 0 spiro atoms. The fourth-order valence-electron chi connectivity index (χ4n) is 2.14. The SMILES string of the molecule is CCCOc1ccc(/C=N/NS(=O)(=O)c2cc(OC)ccc2OC)cc1Cl. The quantitative estimate of drug-likeness (QED) is 0.503. The Balaban J connectivity index is 2.16. The molecule has 2 aromatic carbocycles. The Kier molecular flexibility index (Phi) is 7.32. The third-order valence-corrected chi connectivity index (χ3v) is 5.00. The topological polar surface area (TPSA) is 86.2 Å². The highest BCUT2D eigenvalue weighted by Gasteiger charge is 2.20. The average Bonchev–Trinajstić information content (AvgIpc) is 2.66. The lowest BCUT2D eigenvalue weighted by atomic mass is 10.2. The molecule has 146 valence electrons. The number of sulfonamides is 1. The van der Waals surface area contributed by atoms with E-state index in [9.17, 15) is 8.42 Å². The van der Waals surface area contributed by atoms with Crippen LogP contribution in [0.15, 0.2) is 46.4 Å². The average molecular weight is 413 g/mol. The van der Waals surface area contributed by atoms with E-state index in [0.717, 1.165) is 6.42 Å². The van der Waals surface area contributed by atoms with Crippen molar-refractivity contribution in [2.24, 2.45) is 5.10 Å². The van der Waals surface area contributed by atoms with E-state index in [1.807, 2.05) is 6.92 Å². The van der Waals surface area contributed by atoms with Gasteiger partial charge in [-0.1, -0.05) is 18.5 Å². The highest BCUT2D eigenvalue weighted by molar-refractivity contribution is 7.89. The molecular weight excluding hydrogens is 392 g/mol. The van der Waals surface area contributed by atoms with Crippen LogP contribution in [-0.4, -0.2) is 35.5 Å². The summed E-state index contributed by atoms with van der Waals surface area (Å²) in [5.74, 6) is 1.13. The second-order valence-corrected chi connectivity index (χ2v) is 7.44. The molecule has 0 saturated heterocycles. The van der Waals surface area contributed by atoms with Gasteiger partial charge in [0.05, 0.1) is 32.1 Å². The molecule has 7 nitrogen and oxygen atoms in total. The monoisotopic (exact) mass is 412 g/mol. The molecule has 2 rings (SSSR count). The van der Waals surface area contributed by atoms with Crippen molar-refractivity contribution in [3.8, 4) is 17.2 Å². The summed E-state index contributed by atoms with van der Waals surface area (Å²) in [4.78, 5) is 2.07. The summed E-state index contributed by atoms with van der Waals surface area (Å²) in [6, 6.07) is 9.53. The van der Waals surface area contributed by atoms with E-state index in [0.29, 0.717) is 28.7 Å². The number of rotatable bonds is 9. The van der Waals surface area contributed by atoms with Gasteiger partial charge in [0.2, 0.25) is 0 Å². The van der Waals surface area contributed by atoms with Crippen molar-refractivity contribution in [1.82, 2.24) is 4.83 Å². The molecule has 0 fully saturated rings. The molecule has 1 N–H and O–H groups in total. The van der Waals surface area contributed by atoms with Crippen molar-refractivity contribution in [3.05, 3.63) is 47.0 Å². The molecular formula is C18H21ClN2O5S. The molecule has 0 aliphatic heterocycles. The van der Waals surface area contributed by atoms with Crippen LogP contribution in [0.1, 0.15) is 18.9 Å². The van der Waals surface area contributed by atoms with Crippen LogP contribution in [0, 0.1) is 0 Å². The minimum Gasteiger partial charge on any atom is -0.497 e. The van der Waals surface area contributed by atoms with Crippen molar-refractivity contribution < 1.29 is 22.6 Å². The van der Waals surface area contributed by atoms with E-state index in [4.69, 9.17) is 25.8 Å². The molecule has 0 atom stereocenters. The molecule has 0 heterocycles. The zero-order valence-electron chi connectivity index (χ0n) is 15.2. The summed E-state index contributed by atoms with van der Waals surface area (Å²) >= 11 is 6.15. The van der Waals surface area contributed by atoms with E-state index in [1.54, 1.807) is 24.3 Å². The summed E-state index contributed by atoms with van der Waals surface area (Å²) in [7, 11) is -1.12. The number of hydrazone groups is 1. The molecule has 0 saturated carbocycles. The van der Waals surface area contributed by atoms with Crippen LogP contribution in [0.3, 0.4) is 0 Å². The third-order valence-electron chi connectivity index (χ3n) is 3.46. The first kappa shape index (κ1) is 20.9. The first-order chi connectivity index (χ1) is 12.9. The number of halogens is 1. The largest absolute Gasteiger partial charge is 0.497 e. The van der Waals surface area contributed by atoms with Crippen molar-refractivity contribution in [3.63, 3.8) is 0 Å². The fraction of sp³-hybridized carbons (Fsp3) is 0.278. The van der Waals surface area contributed by atoms with Crippen molar-refractivity contribution >= 4 is 27.8 Å². The van der Waals surface area contributed by atoms with Gasteiger partial charge in [0, 0.05) is 6.07 Å². The Morgan fingerprint density at radius 1 is 1.11 bits per heavy atom. The number of hydrogen-bond donors (Lipinski definition) is 1. The van der Waals surface area contributed by atoms with Crippen molar-refractivity contribution in [2.75, 3.05) is 20.8 Å². The van der Waals surface area contributed by atoms with Gasteiger partial charge < -0.3 is 14.2 Å². The summed E-state index contributed by atoms with van der Waals surface area (Å²) in [5, 5.41) is 4.22. The Labute approximate surface area is 163 Å². The minimum absolute atomic E-state index is 0.0807. The van der Waals surface area contributed by atoms with Gasteiger partial charge >= 0.3 is 0 Å². The summed E-state index contributed by atoms with van der Waals surface area (Å²) in [6.07, 6.45) is 2.22. The maximum absolute atomic E-state index is 12.5. The fourth-order valence-corrected chi connectivity index (χ4v) is 3.36. The van der Waals surface area contributed by atoms with Crippen LogP contribution >= 0.6 is 11.6 Å². The van der Waals surface area contributed by atoms with E-state index in [2.05, 4.69) is 9.93 Å². The van der Waals surface area contributed by atoms with Crippen LogP contribution < -0.4 is 19.0 Å². The van der Waals surface area contributed by atoms with Gasteiger partial charge in [-0.2, -0.15) is 18.4 Å². The van der Waals surface area contributed by atoms with Gasteiger partial charge in [-0.25, -0.2) is 0 Å². The number of nitrogens with one attached hydrogen (secondary N) is 1. The van der Waals surface area contributed by atoms with Gasteiger partial charge in [0.1, 0.15) is 22.1 Å². The van der Waals surface area contributed by atoms with Crippen molar-refractivity contribution in [2.45, 2.75) is 18.2 Å². The molecule has 0 bridgehead atoms. The maximum atomic E-state index is 12.5. The number of ether oxygens (including phenoxy) is 3.